The van der Waals surface area contributed by atoms with Crippen LogP contribution in [0.1, 0.15) is 21.5 Å². The fourth-order valence-corrected chi connectivity index (χ4v) is 3.06. The largest absolute Gasteiger partial charge is 0.507 e. The zero-order valence-electron chi connectivity index (χ0n) is 15.2. The molecule has 0 aliphatic carbocycles. The molecule has 3 rings (SSSR count). The normalized spacial score (nSPS) is 13.7. The Labute approximate surface area is 162 Å². The first-order valence-corrected chi connectivity index (χ1v) is 8.58. The summed E-state index contributed by atoms with van der Waals surface area (Å²) in [5, 5.41) is 28.2. The molecule has 0 unspecified atom stereocenters. The van der Waals surface area contributed by atoms with E-state index in [1.165, 1.54) is 12.1 Å². The van der Waals surface area contributed by atoms with Gasteiger partial charge in [0.2, 0.25) is 5.78 Å². The lowest BCUT2D eigenvalue weighted by atomic mass is 10.0. The summed E-state index contributed by atoms with van der Waals surface area (Å²) in [4.78, 5) is 13.4. The van der Waals surface area contributed by atoms with E-state index in [9.17, 15) is 9.90 Å². The Morgan fingerprint density at radius 3 is 2.57 bits per heavy atom. The van der Waals surface area contributed by atoms with Crippen LogP contribution < -0.4 is 14.4 Å². The molecule has 0 saturated carbocycles. The van der Waals surface area contributed by atoms with Crippen LogP contribution in [0.5, 0.6) is 17.2 Å². The molecule has 0 aromatic heterocycles. The van der Waals surface area contributed by atoms with Crippen molar-refractivity contribution < 1.29 is 24.3 Å². The Bertz CT molecular complexity index is 1010. The number of carbonyl (C=O) groups excluding carboxylic acids is 1. The van der Waals surface area contributed by atoms with Gasteiger partial charge in [0.25, 0.3) is 0 Å². The molecule has 2 aromatic carbocycles. The van der Waals surface area contributed by atoms with Crippen LogP contribution in [0.4, 0.5) is 0 Å². The number of hydrogen-bond donors (Lipinski definition) is 2. The SMILES string of the molecule is COc1ccccc1/C=C1\Oc2c(ccc(O)c2C[NH+](CC#N)CC#N)C1=O. The van der Waals surface area contributed by atoms with Crippen molar-refractivity contribution in [1.82, 2.24) is 0 Å². The minimum atomic E-state index is -0.302. The van der Waals surface area contributed by atoms with E-state index in [1.807, 2.05) is 24.3 Å². The zero-order valence-corrected chi connectivity index (χ0v) is 15.2. The number of nitriles is 2. The number of quaternary nitrogens is 1. The van der Waals surface area contributed by atoms with Crippen molar-refractivity contribution in [1.29, 1.82) is 10.5 Å². The van der Waals surface area contributed by atoms with Crippen LogP contribution >= 0.6 is 0 Å². The first kappa shape index (κ1) is 19.0. The number of nitrogens with zero attached hydrogens (tertiary/aromatic N) is 2. The van der Waals surface area contributed by atoms with Crippen molar-refractivity contribution in [2.24, 2.45) is 0 Å². The van der Waals surface area contributed by atoms with Crippen LogP contribution in [-0.2, 0) is 6.54 Å². The predicted octanol–water partition coefficient (Wildman–Crippen LogP) is 1.45. The fraction of sp³-hybridized carbons (Fsp3) is 0.190. The van der Waals surface area contributed by atoms with Gasteiger partial charge in [-0.05, 0) is 24.3 Å². The lowest BCUT2D eigenvalue weighted by molar-refractivity contribution is -0.899. The summed E-state index contributed by atoms with van der Waals surface area (Å²) in [6.45, 7) is 0.369. The number of allylic oxidation sites excluding steroid dienone is 1. The molecule has 0 atom stereocenters. The third-order valence-corrected chi connectivity index (χ3v) is 4.43. The van der Waals surface area contributed by atoms with Gasteiger partial charge in [-0.1, -0.05) is 18.2 Å². The maximum Gasteiger partial charge on any atom is 0.231 e. The Kier molecular flexibility index (Phi) is 5.59. The molecule has 2 N–H and O–H groups in total. The molecule has 2 aromatic rings. The van der Waals surface area contributed by atoms with E-state index < -0.39 is 0 Å². The number of methoxy groups -OCH3 is 1. The molecular formula is C21H18N3O4+. The molecule has 7 nitrogen and oxygen atoms in total. The summed E-state index contributed by atoms with van der Waals surface area (Å²) in [5.74, 6) is 0.639. The highest BCUT2D eigenvalue weighted by atomic mass is 16.5. The highest BCUT2D eigenvalue weighted by Crippen LogP contribution is 2.39. The maximum absolute atomic E-state index is 12.8. The average molecular weight is 376 g/mol. The number of aromatic hydroxyl groups is 1. The minimum Gasteiger partial charge on any atom is -0.507 e. The van der Waals surface area contributed by atoms with E-state index in [2.05, 4.69) is 0 Å². The van der Waals surface area contributed by atoms with Gasteiger partial charge in [0.05, 0.1) is 18.2 Å². The van der Waals surface area contributed by atoms with Crippen LogP contribution in [0.3, 0.4) is 0 Å². The summed E-state index contributed by atoms with van der Waals surface area (Å²) < 4.78 is 11.1. The monoisotopic (exact) mass is 376 g/mol. The molecule has 0 spiro atoms. The number of carbonyl (C=O) groups is 1. The number of ether oxygens (including phenoxy) is 2. The topological polar surface area (TPSA) is 108 Å². The lowest BCUT2D eigenvalue weighted by Gasteiger charge is -2.15. The number of hydrogen-bond acceptors (Lipinski definition) is 6. The molecule has 0 radical (unpaired) electrons. The second-order valence-corrected chi connectivity index (χ2v) is 6.22. The molecule has 7 heteroatoms. The van der Waals surface area contributed by atoms with E-state index >= 15 is 0 Å². The second kappa shape index (κ2) is 8.26. The van der Waals surface area contributed by atoms with E-state index in [4.69, 9.17) is 20.0 Å². The third-order valence-electron chi connectivity index (χ3n) is 4.43. The minimum absolute atomic E-state index is 0.0431. The summed E-state index contributed by atoms with van der Waals surface area (Å²) in [6.07, 6.45) is 1.59. The van der Waals surface area contributed by atoms with Gasteiger partial charge in [-0.15, -0.1) is 0 Å². The van der Waals surface area contributed by atoms with Crippen molar-refractivity contribution in [3.63, 3.8) is 0 Å². The number of fused-ring (bicyclic) bond motifs is 1. The molecule has 0 saturated heterocycles. The number of para-hydroxylation sites is 1. The van der Waals surface area contributed by atoms with E-state index in [0.29, 0.717) is 27.3 Å². The number of benzene rings is 2. The van der Waals surface area contributed by atoms with E-state index in [1.54, 1.807) is 25.3 Å². The van der Waals surface area contributed by atoms with Gasteiger partial charge in [-0.3, -0.25) is 4.79 Å². The number of ketones is 1. The molecule has 0 fully saturated rings. The quantitative estimate of drug-likeness (QED) is 0.584. The first-order valence-electron chi connectivity index (χ1n) is 8.58. The number of phenols is 1. The van der Waals surface area contributed by atoms with Crippen LogP contribution in [0.25, 0.3) is 6.08 Å². The van der Waals surface area contributed by atoms with Gasteiger partial charge in [0.15, 0.2) is 24.6 Å². The third kappa shape index (κ3) is 3.66. The van der Waals surface area contributed by atoms with Crippen LogP contribution in [0, 0.1) is 22.7 Å². The van der Waals surface area contributed by atoms with E-state index in [0.717, 1.165) is 0 Å². The molecule has 0 amide bonds. The molecular weight excluding hydrogens is 358 g/mol. The lowest BCUT2D eigenvalue weighted by Crippen LogP contribution is -3.10. The van der Waals surface area contributed by atoms with Gasteiger partial charge < -0.3 is 19.5 Å². The van der Waals surface area contributed by atoms with Crippen molar-refractivity contribution in [2.45, 2.75) is 6.54 Å². The molecule has 1 heterocycles. The molecule has 1 aliphatic rings. The molecule has 140 valence electrons. The van der Waals surface area contributed by atoms with Crippen LogP contribution in [0.2, 0.25) is 0 Å². The number of nitrogens with one attached hydrogen (secondary N) is 1. The Hall–Kier alpha value is -3.81. The van der Waals surface area contributed by atoms with Crippen molar-refractivity contribution in [3.05, 3.63) is 58.8 Å². The number of phenolic OH excluding ortho intramolecular Hbond substituents is 1. The van der Waals surface area contributed by atoms with Gasteiger partial charge in [-0.25, -0.2) is 0 Å². The van der Waals surface area contributed by atoms with Gasteiger partial charge in [0.1, 0.15) is 30.2 Å². The van der Waals surface area contributed by atoms with Crippen molar-refractivity contribution >= 4 is 11.9 Å². The first-order chi connectivity index (χ1) is 13.6. The summed E-state index contributed by atoms with van der Waals surface area (Å²) in [6, 6.07) is 14.2. The number of rotatable bonds is 6. The molecule has 0 bridgehead atoms. The highest BCUT2D eigenvalue weighted by Gasteiger charge is 2.32. The average Bonchev–Trinajstić information content (AvgIpc) is 3.00. The Balaban J connectivity index is 1.98. The predicted molar refractivity (Wildman–Crippen MR) is 99.7 cm³/mol. The van der Waals surface area contributed by atoms with Crippen LogP contribution in [0.15, 0.2) is 42.2 Å². The number of Topliss-reactive ketones (excluding diaryl/α,β-unsaturated/α-hetero) is 1. The summed E-state index contributed by atoms with van der Waals surface area (Å²) in [7, 11) is 1.54. The van der Waals surface area contributed by atoms with Crippen molar-refractivity contribution in [2.75, 3.05) is 20.2 Å². The Morgan fingerprint density at radius 2 is 1.89 bits per heavy atom. The molecule has 1 aliphatic heterocycles. The van der Waals surface area contributed by atoms with Crippen molar-refractivity contribution in [3.8, 4) is 29.4 Å². The summed E-state index contributed by atoms with van der Waals surface area (Å²) in [5.41, 5.74) is 1.42. The van der Waals surface area contributed by atoms with Gasteiger partial charge in [0, 0.05) is 5.56 Å². The van der Waals surface area contributed by atoms with Gasteiger partial charge in [-0.2, -0.15) is 10.5 Å². The standard InChI is InChI=1S/C21H17N3O4/c1-27-18-5-3-2-4-14(18)12-19-20(26)15-6-7-17(25)16(21(15)28-19)13-24(10-8-22)11-9-23/h2-7,12,25H,10-11,13H2,1H3/p+1/b19-12-. The fourth-order valence-electron chi connectivity index (χ4n) is 3.06. The molecule has 28 heavy (non-hydrogen) atoms. The zero-order chi connectivity index (χ0) is 20.1. The van der Waals surface area contributed by atoms with E-state index in [-0.39, 0.29) is 42.7 Å². The second-order valence-electron chi connectivity index (χ2n) is 6.22. The van der Waals surface area contributed by atoms with Crippen LogP contribution in [-0.4, -0.2) is 31.1 Å². The Morgan fingerprint density at radius 1 is 1.18 bits per heavy atom. The smallest absolute Gasteiger partial charge is 0.231 e. The highest BCUT2D eigenvalue weighted by molar-refractivity contribution is 6.15. The van der Waals surface area contributed by atoms with Gasteiger partial charge >= 0.3 is 0 Å². The maximum atomic E-state index is 12.8. The summed E-state index contributed by atoms with van der Waals surface area (Å²) >= 11 is 0.